The second-order valence-corrected chi connectivity index (χ2v) is 5.57. The summed E-state index contributed by atoms with van der Waals surface area (Å²) >= 11 is 0. The number of pyridine rings is 1. The molecule has 5 heteroatoms. The first-order chi connectivity index (χ1) is 10.6. The molecule has 5 nitrogen and oxygen atoms in total. The van der Waals surface area contributed by atoms with Crippen LogP contribution >= 0.6 is 0 Å². The first-order valence-electron chi connectivity index (χ1n) is 7.91. The summed E-state index contributed by atoms with van der Waals surface area (Å²) in [5, 5.41) is 7.26. The van der Waals surface area contributed by atoms with Gasteiger partial charge in [0.15, 0.2) is 0 Å². The van der Waals surface area contributed by atoms with Crippen LogP contribution in [0.5, 0.6) is 0 Å². The van der Waals surface area contributed by atoms with Gasteiger partial charge in [0.05, 0.1) is 5.69 Å². The lowest BCUT2D eigenvalue weighted by atomic mass is 9.97. The molecule has 0 bridgehead atoms. The molecule has 2 rings (SSSR count). The Labute approximate surface area is 131 Å². The highest BCUT2D eigenvalue weighted by Gasteiger charge is 2.17. The van der Waals surface area contributed by atoms with E-state index in [1.807, 2.05) is 31.4 Å². The summed E-state index contributed by atoms with van der Waals surface area (Å²) in [4.78, 5) is 16.6. The maximum atomic E-state index is 12.3. The topological polar surface area (TPSA) is 59.8 Å². The first kappa shape index (κ1) is 16.2. The number of carbonyl (C=O) groups excluding carboxylic acids is 1. The molecule has 2 heterocycles. The van der Waals surface area contributed by atoms with Gasteiger partial charge in [-0.25, -0.2) is 4.98 Å². The SMILES string of the molecule is CCCC(CCC)C(=O)Nc1ccc(-c2ccn(C)n2)cn1. The van der Waals surface area contributed by atoms with Gasteiger partial charge in [-0.1, -0.05) is 26.7 Å². The Morgan fingerprint density at radius 3 is 2.45 bits per heavy atom. The van der Waals surface area contributed by atoms with Crippen LogP contribution in [-0.2, 0) is 11.8 Å². The maximum Gasteiger partial charge on any atom is 0.228 e. The highest BCUT2D eigenvalue weighted by molar-refractivity contribution is 5.91. The molecule has 2 aromatic heterocycles. The van der Waals surface area contributed by atoms with Crippen LogP contribution < -0.4 is 5.32 Å². The predicted octanol–water partition coefficient (Wildman–Crippen LogP) is 3.64. The van der Waals surface area contributed by atoms with E-state index < -0.39 is 0 Å². The molecule has 0 saturated carbocycles. The standard InChI is InChI=1S/C17H24N4O/c1-4-6-13(7-5-2)17(22)19-16-9-8-14(12-18-16)15-10-11-21(3)20-15/h8-13H,4-7H2,1-3H3,(H,18,19,22). The number of anilines is 1. The Morgan fingerprint density at radius 2 is 1.95 bits per heavy atom. The van der Waals surface area contributed by atoms with Crippen LogP contribution in [0.1, 0.15) is 39.5 Å². The van der Waals surface area contributed by atoms with Crippen molar-refractivity contribution in [1.29, 1.82) is 0 Å². The van der Waals surface area contributed by atoms with Crippen LogP contribution in [0.25, 0.3) is 11.3 Å². The molecule has 118 valence electrons. The van der Waals surface area contributed by atoms with Crippen molar-refractivity contribution in [2.45, 2.75) is 39.5 Å². The third-order valence-electron chi connectivity index (χ3n) is 3.67. The number of rotatable bonds is 7. The zero-order chi connectivity index (χ0) is 15.9. The summed E-state index contributed by atoms with van der Waals surface area (Å²) in [6.45, 7) is 4.21. The van der Waals surface area contributed by atoms with Crippen molar-refractivity contribution >= 4 is 11.7 Å². The zero-order valence-electron chi connectivity index (χ0n) is 13.5. The van der Waals surface area contributed by atoms with Gasteiger partial charge in [-0.3, -0.25) is 9.48 Å². The van der Waals surface area contributed by atoms with Crippen molar-refractivity contribution < 1.29 is 4.79 Å². The third-order valence-corrected chi connectivity index (χ3v) is 3.67. The molecule has 0 unspecified atom stereocenters. The molecule has 1 N–H and O–H groups in total. The lowest BCUT2D eigenvalue weighted by molar-refractivity contribution is -0.120. The van der Waals surface area contributed by atoms with E-state index >= 15 is 0 Å². The van der Waals surface area contributed by atoms with Gasteiger partial charge < -0.3 is 5.32 Å². The molecule has 0 aliphatic carbocycles. The minimum atomic E-state index is 0.0711. The molecular weight excluding hydrogens is 276 g/mol. The minimum absolute atomic E-state index is 0.0711. The van der Waals surface area contributed by atoms with E-state index in [-0.39, 0.29) is 11.8 Å². The number of hydrogen-bond donors (Lipinski definition) is 1. The number of carbonyl (C=O) groups is 1. The second-order valence-electron chi connectivity index (χ2n) is 5.57. The number of nitrogens with one attached hydrogen (secondary N) is 1. The largest absolute Gasteiger partial charge is 0.310 e. The van der Waals surface area contributed by atoms with Crippen molar-refractivity contribution in [3.63, 3.8) is 0 Å². The van der Waals surface area contributed by atoms with E-state index in [2.05, 4.69) is 29.2 Å². The Bertz CT molecular complexity index is 597. The zero-order valence-corrected chi connectivity index (χ0v) is 13.5. The molecule has 0 fully saturated rings. The molecule has 0 spiro atoms. The van der Waals surface area contributed by atoms with Gasteiger partial charge in [-0.05, 0) is 31.0 Å². The fraction of sp³-hybridized carbons (Fsp3) is 0.471. The van der Waals surface area contributed by atoms with Gasteiger partial charge in [0.2, 0.25) is 5.91 Å². The summed E-state index contributed by atoms with van der Waals surface area (Å²) < 4.78 is 1.76. The quantitative estimate of drug-likeness (QED) is 0.849. The van der Waals surface area contributed by atoms with Gasteiger partial charge in [0.25, 0.3) is 0 Å². The molecule has 0 saturated heterocycles. The van der Waals surface area contributed by atoms with Crippen LogP contribution in [0.2, 0.25) is 0 Å². The fourth-order valence-electron chi connectivity index (χ4n) is 2.52. The lowest BCUT2D eigenvalue weighted by Crippen LogP contribution is -2.23. The highest BCUT2D eigenvalue weighted by atomic mass is 16.1. The van der Waals surface area contributed by atoms with Gasteiger partial charge in [-0.2, -0.15) is 5.10 Å². The predicted molar refractivity (Wildman–Crippen MR) is 88.4 cm³/mol. The average Bonchev–Trinajstić information content (AvgIpc) is 2.94. The Kier molecular flexibility index (Phi) is 5.69. The van der Waals surface area contributed by atoms with Crippen LogP contribution in [0, 0.1) is 5.92 Å². The molecule has 2 aromatic rings. The minimum Gasteiger partial charge on any atom is -0.310 e. The molecule has 0 aliphatic heterocycles. The lowest BCUT2D eigenvalue weighted by Gasteiger charge is -2.14. The average molecular weight is 300 g/mol. The summed E-state index contributed by atoms with van der Waals surface area (Å²) in [6, 6.07) is 5.70. The van der Waals surface area contributed by atoms with E-state index in [0.717, 1.165) is 36.9 Å². The van der Waals surface area contributed by atoms with Crippen molar-refractivity contribution in [2.24, 2.45) is 13.0 Å². The number of nitrogens with zero attached hydrogens (tertiary/aromatic N) is 3. The van der Waals surface area contributed by atoms with Crippen molar-refractivity contribution in [3.8, 4) is 11.3 Å². The molecule has 0 aliphatic rings. The Balaban J connectivity index is 2.02. The van der Waals surface area contributed by atoms with Gasteiger partial charge >= 0.3 is 0 Å². The summed E-state index contributed by atoms with van der Waals surface area (Å²) in [5.41, 5.74) is 1.82. The molecule has 0 atom stereocenters. The van der Waals surface area contributed by atoms with Crippen LogP contribution in [0.15, 0.2) is 30.6 Å². The molecule has 1 amide bonds. The van der Waals surface area contributed by atoms with Gasteiger partial charge in [-0.15, -0.1) is 0 Å². The highest BCUT2D eigenvalue weighted by Crippen LogP contribution is 2.19. The summed E-state index contributed by atoms with van der Waals surface area (Å²) in [5.74, 6) is 0.746. The molecule has 22 heavy (non-hydrogen) atoms. The maximum absolute atomic E-state index is 12.3. The van der Waals surface area contributed by atoms with E-state index in [4.69, 9.17) is 0 Å². The molecule has 0 radical (unpaired) electrons. The number of amides is 1. The van der Waals surface area contributed by atoms with Crippen molar-refractivity contribution in [3.05, 3.63) is 30.6 Å². The smallest absolute Gasteiger partial charge is 0.228 e. The number of aryl methyl sites for hydroxylation is 1. The van der Waals surface area contributed by atoms with E-state index in [9.17, 15) is 4.79 Å². The second kappa shape index (κ2) is 7.73. The molecular formula is C17H24N4O. The summed E-state index contributed by atoms with van der Waals surface area (Å²) in [6.07, 6.45) is 7.52. The van der Waals surface area contributed by atoms with Crippen molar-refractivity contribution in [2.75, 3.05) is 5.32 Å². The van der Waals surface area contributed by atoms with Crippen LogP contribution in [-0.4, -0.2) is 20.7 Å². The normalized spacial score (nSPS) is 10.9. The Morgan fingerprint density at radius 1 is 1.23 bits per heavy atom. The first-order valence-corrected chi connectivity index (χ1v) is 7.91. The monoisotopic (exact) mass is 300 g/mol. The fourth-order valence-corrected chi connectivity index (χ4v) is 2.52. The molecule has 0 aromatic carbocycles. The van der Waals surface area contributed by atoms with E-state index in [1.165, 1.54) is 0 Å². The van der Waals surface area contributed by atoms with Crippen LogP contribution in [0.4, 0.5) is 5.82 Å². The van der Waals surface area contributed by atoms with Gasteiger partial charge in [0, 0.05) is 30.9 Å². The summed E-state index contributed by atoms with van der Waals surface area (Å²) in [7, 11) is 1.88. The van der Waals surface area contributed by atoms with Crippen molar-refractivity contribution in [1.82, 2.24) is 14.8 Å². The third kappa shape index (κ3) is 4.16. The van der Waals surface area contributed by atoms with E-state index in [1.54, 1.807) is 10.9 Å². The van der Waals surface area contributed by atoms with E-state index in [0.29, 0.717) is 5.82 Å². The Hall–Kier alpha value is -2.17. The van der Waals surface area contributed by atoms with Crippen LogP contribution in [0.3, 0.4) is 0 Å². The number of hydrogen-bond acceptors (Lipinski definition) is 3. The number of aromatic nitrogens is 3. The van der Waals surface area contributed by atoms with Gasteiger partial charge in [0.1, 0.15) is 5.82 Å².